The van der Waals surface area contributed by atoms with Crippen LogP contribution in [0.25, 0.3) is 22.3 Å². The lowest BCUT2D eigenvalue weighted by Crippen LogP contribution is -2.10. The highest BCUT2D eigenvalue weighted by Gasteiger charge is 2.20. The van der Waals surface area contributed by atoms with Crippen molar-refractivity contribution in [2.45, 2.75) is 19.9 Å². The van der Waals surface area contributed by atoms with E-state index in [9.17, 15) is 13.3 Å². The molecule has 0 aliphatic carbocycles. The summed E-state index contributed by atoms with van der Waals surface area (Å²) in [6.07, 6.45) is 1.46. The van der Waals surface area contributed by atoms with Gasteiger partial charge in [-0.1, -0.05) is 23.7 Å². The molecule has 0 saturated carbocycles. The average Bonchev–Trinajstić information content (AvgIpc) is 2.76. The number of hydrogen-bond acceptors (Lipinski definition) is 5. The van der Waals surface area contributed by atoms with Gasteiger partial charge in [-0.3, -0.25) is 4.98 Å². The van der Waals surface area contributed by atoms with Gasteiger partial charge in [0.1, 0.15) is 24.2 Å². The van der Waals surface area contributed by atoms with Crippen molar-refractivity contribution in [1.82, 2.24) is 15.0 Å². The van der Waals surface area contributed by atoms with Crippen LogP contribution in [0.1, 0.15) is 24.2 Å². The topological polar surface area (TPSA) is 67.8 Å². The van der Waals surface area contributed by atoms with Gasteiger partial charge in [0.2, 0.25) is 0 Å². The van der Waals surface area contributed by atoms with Crippen molar-refractivity contribution >= 4 is 40.9 Å². The summed E-state index contributed by atoms with van der Waals surface area (Å²) in [6.45, 7) is 6.84. The number of aryl methyl sites for hydroxylation is 1. The molecule has 3 aromatic heterocycles. The van der Waals surface area contributed by atoms with E-state index >= 15 is 0 Å². The SMILES string of the molecule is Cc1nc2cc(F)c(-c3ccc(P(C)(C)=O)nc3)nc2c(NC(C)c2cccc(F)c2)c1Cl. The van der Waals surface area contributed by atoms with Crippen LogP contribution in [0.2, 0.25) is 5.02 Å². The van der Waals surface area contributed by atoms with E-state index in [1.165, 1.54) is 24.4 Å². The fraction of sp³-hybridized carbons (Fsp3) is 0.208. The molecule has 33 heavy (non-hydrogen) atoms. The molecule has 9 heteroatoms. The van der Waals surface area contributed by atoms with Crippen molar-refractivity contribution in [2.24, 2.45) is 0 Å². The Labute approximate surface area is 195 Å². The predicted octanol–water partition coefficient (Wildman–Crippen LogP) is 6.35. The zero-order chi connectivity index (χ0) is 23.9. The lowest BCUT2D eigenvalue weighted by atomic mass is 10.1. The zero-order valence-electron chi connectivity index (χ0n) is 18.5. The van der Waals surface area contributed by atoms with Crippen LogP contribution in [-0.4, -0.2) is 28.3 Å². The molecule has 0 bridgehead atoms. The van der Waals surface area contributed by atoms with Gasteiger partial charge in [-0.2, -0.15) is 0 Å². The summed E-state index contributed by atoms with van der Waals surface area (Å²) in [4.78, 5) is 13.2. The highest BCUT2D eigenvalue weighted by molar-refractivity contribution is 7.69. The number of aromatic nitrogens is 3. The van der Waals surface area contributed by atoms with Gasteiger partial charge in [-0.25, -0.2) is 18.7 Å². The van der Waals surface area contributed by atoms with Crippen LogP contribution < -0.4 is 10.8 Å². The van der Waals surface area contributed by atoms with E-state index in [4.69, 9.17) is 11.6 Å². The number of nitrogens with one attached hydrogen (secondary N) is 1. The monoisotopic (exact) mass is 486 g/mol. The molecule has 5 nitrogen and oxygen atoms in total. The summed E-state index contributed by atoms with van der Waals surface area (Å²) >= 11 is 6.57. The van der Waals surface area contributed by atoms with Crippen LogP contribution in [0.4, 0.5) is 14.5 Å². The first kappa shape index (κ1) is 23.3. The van der Waals surface area contributed by atoms with Crippen molar-refractivity contribution in [2.75, 3.05) is 18.6 Å². The fourth-order valence-electron chi connectivity index (χ4n) is 3.52. The molecule has 1 N–H and O–H groups in total. The van der Waals surface area contributed by atoms with E-state index in [0.29, 0.717) is 38.4 Å². The molecule has 170 valence electrons. The van der Waals surface area contributed by atoms with Crippen LogP contribution in [0.5, 0.6) is 0 Å². The van der Waals surface area contributed by atoms with E-state index in [0.717, 1.165) is 5.56 Å². The van der Waals surface area contributed by atoms with E-state index in [1.807, 2.05) is 6.92 Å². The second kappa shape index (κ2) is 8.81. The molecule has 1 aromatic carbocycles. The molecule has 1 unspecified atom stereocenters. The Kier molecular flexibility index (Phi) is 6.21. The molecular weight excluding hydrogens is 465 g/mol. The maximum atomic E-state index is 15.0. The first-order valence-corrected chi connectivity index (χ1v) is 13.2. The third-order valence-corrected chi connectivity index (χ3v) is 7.13. The molecule has 0 fully saturated rings. The molecule has 0 radical (unpaired) electrons. The van der Waals surface area contributed by atoms with Gasteiger partial charge in [0.25, 0.3) is 0 Å². The Morgan fingerprint density at radius 3 is 2.48 bits per heavy atom. The van der Waals surface area contributed by atoms with E-state index in [-0.39, 0.29) is 17.6 Å². The van der Waals surface area contributed by atoms with E-state index in [2.05, 4.69) is 20.3 Å². The smallest absolute Gasteiger partial charge is 0.151 e. The number of halogens is 3. The normalized spacial score (nSPS) is 12.7. The average molecular weight is 487 g/mol. The summed E-state index contributed by atoms with van der Waals surface area (Å²) in [5.74, 6) is -0.906. The second-order valence-electron chi connectivity index (χ2n) is 8.25. The van der Waals surface area contributed by atoms with Crippen molar-refractivity contribution < 1.29 is 13.3 Å². The van der Waals surface area contributed by atoms with Gasteiger partial charge >= 0.3 is 0 Å². The Hall–Kier alpha value is -2.89. The van der Waals surface area contributed by atoms with Crippen molar-refractivity contribution in [3.05, 3.63) is 76.6 Å². The van der Waals surface area contributed by atoms with Crippen molar-refractivity contribution in [1.29, 1.82) is 0 Å². The number of anilines is 1. The second-order valence-corrected chi connectivity index (χ2v) is 11.8. The largest absolute Gasteiger partial charge is 0.375 e. The molecular formula is C24H22ClF2N4OP. The van der Waals surface area contributed by atoms with Gasteiger partial charge < -0.3 is 9.88 Å². The van der Waals surface area contributed by atoms with Gasteiger partial charge in [0, 0.05) is 23.9 Å². The van der Waals surface area contributed by atoms with Crippen LogP contribution in [-0.2, 0) is 4.57 Å². The van der Waals surface area contributed by atoms with Crippen LogP contribution in [0, 0.1) is 18.6 Å². The lowest BCUT2D eigenvalue weighted by Gasteiger charge is -2.19. The zero-order valence-corrected chi connectivity index (χ0v) is 20.2. The minimum atomic E-state index is -2.54. The molecule has 1 atom stereocenters. The number of nitrogens with zero attached hydrogens (tertiary/aromatic N) is 3. The highest BCUT2D eigenvalue weighted by atomic mass is 35.5. The van der Waals surface area contributed by atoms with Crippen LogP contribution >= 0.6 is 18.7 Å². The van der Waals surface area contributed by atoms with Crippen LogP contribution in [0.15, 0.2) is 48.7 Å². The van der Waals surface area contributed by atoms with E-state index in [1.54, 1.807) is 44.5 Å². The molecule has 0 aliphatic heterocycles. The molecule has 0 amide bonds. The van der Waals surface area contributed by atoms with Gasteiger partial charge in [-0.15, -0.1) is 0 Å². The molecule has 4 rings (SSSR count). The standard InChI is InChI=1S/C24H22ClF2N4OP/c1-13(15-6-5-7-17(26)10-15)30-24-21(25)14(2)29-19-11-18(27)22(31-23(19)24)16-8-9-20(28-12-16)33(3,4)32/h5-13H,1-4H3,(H,29,30). The van der Waals surface area contributed by atoms with Gasteiger partial charge in [0.15, 0.2) is 5.82 Å². The quantitative estimate of drug-likeness (QED) is 0.333. The number of pyridine rings is 3. The fourth-order valence-corrected chi connectivity index (χ4v) is 4.47. The summed E-state index contributed by atoms with van der Waals surface area (Å²) in [6, 6.07) is 10.5. The Morgan fingerprint density at radius 2 is 1.85 bits per heavy atom. The number of benzene rings is 1. The molecule has 4 aromatic rings. The summed E-state index contributed by atoms with van der Waals surface area (Å²) < 4.78 is 41.0. The first-order valence-electron chi connectivity index (χ1n) is 10.2. The minimum Gasteiger partial charge on any atom is -0.375 e. The number of hydrogen-bond donors (Lipinski definition) is 1. The third kappa shape index (κ3) is 4.75. The Morgan fingerprint density at radius 1 is 1.09 bits per heavy atom. The number of rotatable bonds is 5. The van der Waals surface area contributed by atoms with Gasteiger partial charge in [0.05, 0.1) is 27.4 Å². The Bertz CT molecular complexity index is 1410. The molecule has 0 aliphatic rings. The molecule has 0 saturated heterocycles. The summed E-state index contributed by atoms with van der Waals surface area (Å²) in [5, 5.41) is 3.64. The minimum absolute atomic E-state index is 0.0757. The lowest BCUT2D eigenvalue weighted by molar-refractivity contribution is 0.588. The maximum Gasteiger partial charge on any atom is 0.151 e. The number of fused-ring (bicyclic) bond motifs is 1. The highest BCUT2D eigenvalue weighted by Crippen LogP contribution is 2.37. The predicted molar refractivity (Wildman–Crippen MR) is 130 cm³/mol. The van der Waals surface area contributed by atoms with E-state index < -0.39 is 13.0 Å². The summed E-state index contributed by atoms with van der Waals surface area (Å²) in [5.41, 5.74) is 3.40. The van der Waals surface area contributed by atoms with Crippen molar-refractivity contribution in [3.63, 3.8) is 0 Å². The molecule has 3 heterocycles. The Balaban J connectivity index is 1.83. The molecule has 0 spiro atoms. The first-order chi connectivity index (χ1) is 15.5. The van der Waals surface area contributed by atoms with Crippen molar-refractivity contribution in [3.8, 4) is 11.3 Å². The summed E-state index contributed by atoms with van der Waals surface area (Å²) in [7, 11) is -2.54. The van der Waals surface area contributed by atoms with Gasteiger partial charge in [-0.05, 0) is 57.0 Å². The third-order valence-electron chi connectivity index (χ3n) is 5.30. The maximum absolute atomic E-state index is 15.0. The van der Waals surface area contributed by atoms with Crippen LogP contribution in [0.3, 0.4) is 0 Å².